The molecular formula is C15H16O2. The van der Waals surface area contributed by atoms with Crippen LogP contribution in [-0.2, 0) is 0 Å². The molecule has 0 aliphatic carbocycles. The minimum atomic E-state index is -0.860. The number of carbonyl (C=O) groups is 1. The molecule has 2 rings (SSSR count). The lowest BCUT2D eigenvalue weighted by molar-refractivity contribution is 0.0699. The van der Waals surface area contributed by atoms with Crippen molar-refractivity contribution < 1.29 is 9.90 Å². The number of carboxylic acids is 1. The van der Waals surface area contributed by atoms with Crippen LogP contribution in [0.25, 0.3) is 10.8 Å². The maximum absolute atomic E-state index is 11.3. The van der Waals surface area contributed by atoms with Gasteiger partial charge in [-0.05, 0) is 66.8 Å². The van der Waals surface area contributed by atoms with Crippen LogP contribution in [0.2, 0.25) is 0 Å². The van der Waals surface area contributed by atoms with E-state index >= 15 is 0 Å². The fourth-order valence-electron chi connectivity index (χ4n) is 2.40. The van der Waals surface area contributed by atoms with Crippen LogP contribution >= 0.6 is 0 Å². The Balaban J connectivity index is 3.06. The number of hydrogen-bond donors (Lipinski definition) is 1. The molecule has 1 N–H and O–H groups in total. The predicted molar refractivity (Wildman–Crippen MR) is 69.9 cm³/mol. The Labute approximate surface area is 101 Å². The lowest BCUT2D eigenvalue weighted by atomic mass is 9.89. The van der Waals surface area contributed by atoms with Gasteiger partial charge in [-0.15, -0.1) is 0 Å². The van der Waals surface area contributed by atoms with Crippen molar-refractivity contribution in [1.29, 1.82) is 0 Å². The Bertz CT molecular complexity index is 625. The minimum Gasteiger partial charge on any atom is -0.478 e. The monoisotopic (exact) mass is 228 g/mol. The van der Waals surface area contributed by atoms with Crippen molar-refractivity contribution in [2.24, 2.45) is 0 Å². The third kappa shape index (κ3) is 1.60. The molecule has 2 heteroatoms. The molecular weight excluding hydrogens is 212 g/mol. The van der Waals surface area contributed by atoms with Crippen molar-refractivity contribution in [3.63, 3.8) is 0 Å². The van der Waals surface area contributed by atoms with E-state index in [0.29, 0.717) is 5.56 Å². The van der Waals surface area contributed by atoms with Gasteiger partial charge in [0.25, 0.3) is 0 Å². The first-order chi connectivity index (χ1) is 7.95. The smallest absolute Gasteiger partial charge is 0.336 e. The highest BCUT2D eigenvalue weighted by Crippen LogP contribution is 2.31. The molecule has 17 heavy (non-hydrogen) atoms. The van der Waals surface area contributed by atoms with E-state index in [4.69, 9.17) is 0 Å². The van der Waals surface area contributed by atoms with Gasteiger partial charge in [0.1, 0.15) is 0 Å². The zero-order chi connectivity index (χ0) is 12.7. The van der Waals surface area contributed by atoms with Crippen LogP contribution in [0, 0.1) is 27.7 Å². The second-order valence-electron chi connectivity index (χ2n) is 4.53. The highest BCUT2D eigenvalue weighted by atomic mass is 16.4. The molecule has 2 aromatic carbocycles. The van der Waals surface area contributed by atoms with Crippen molar-refractivity contribution in [2.45, 2.75) is 27.7 Å². The summed E-state index contributed by atoms with van der Waals surface area (Å²) in [4.78, 5) is 11.3. The maximum Gasteiger partial charge on any atom is 0.336 e. The zero-order valence-corrected chi connectivity index (χ0v) is 10.6. The molecule has 0 atom stereocenters. The molecule has 2 nitrogen and oxygen atoms in total. The van der Waals surface area contributed by atoms with Crippen LogP contribution in [0.15, 0.2) is 18.2 Å². The molecule has 0 heterocycles. The molecule has 0 radical (unpaired) electrons. The highest BCUT2D eigenvalue weighted by Gasteiger charge is 2.15. The fourth-order valence-corrected chi connectivity index (χ4v) is 2.40. The molecule has 0 aromatic heterocycles. The minimum absolute atomic E-state index is 0.395. The van der Waals surface area contributed by atoms with Gasteiger partial charge < -0.3 is 5.11 Å². The Morgan fingerprint density at radius 3 is 2.12 bits per heavy atom. The summed E-state index contributed by atoms with van der Waals surface area (Å²) in [5.74, 6) is -0.860. The van der Waals surface area contributed by atoms with E-state index in [1.807, 2.05) is 19.1 Å². The van der Waals surface area contributed by atoms with Gasteiger partial charge in [0.05, 0.1) is 5.56 Å². The molecule has 0 amide bonds. The van der Waals surface area contributed by atoms with Crippen LogP contribution in [0.3, 0.4) is 0 Å². The van der Waals surface area contributed by atoms with Gasteiger partial charge in [0.15, 0.2) is 0 Å². The summed E-state index contributed by atoms with van der Waals surface area (Å²) in [6.07, 6.45) is 0. The van der Waals surface area contributed by atoms with E-state index in [0.717, 1.165) is 16.3 Å². The van der Waals surface area contributed by atoms with E-state index in [9.17, 15) is 9.90 Å². The van der Waals surface area contributed by atoms with E-state index in [1.54, 1.807) is 6.07 Å². The van der Waals surface area contributed by atoms with Gasteiger partial charge in [0, 0.05) is 0 Å². The van der Waals surface area contributed by atoms with Crippen LogP contribution in [-0.4, -0.2) is 11.1 Å². The Morgan fingerprint density at radius 1 is 0.941 bits per heavy atom. The largest absolute Gasteiger partial charge is 0.478 e. The SMILES string of the molecule is Cc1c(C)c(C)c2c(C(=O)O)cccc2c1C. The Kier molecular flexibility index (Phi) is 2.66. The molecule has 0 saturated heterocycles. The first-order valence-electron chi connectivity index (χ1n) is 5.67. The lowest BCUT2D eigenvalue weighted by Crippen LogP contribution is -2.02. The molecule has 0 unspecified atom stereocenters. The van der Waals surface area contributed by atoms with Gasteiger partial charge in [-0.3, -0.25) is 0 Å². The van der Waals surface area contributed by atoms with Gasteiger partial charge in [-0.25, -0.2) is 4.79 Å². The van der Waals surface area contributed by atoms with Crippen LogP contribution in [0.5, 0.6) is 0 Å². The van der Waals surface area contributed by atoms with Gasteiger partial charge in [-0.1, -0.05) is 12.1 Å². The maximum atomic E-state index is 11.3. The van der Waals surface area contributed by atoms with Crippen molar-refractivity contribution in [3.05, 3.63) is 46.0 Å². The quantitative estimate of drug-likeness (QED) is 0.806. The standard InChI is InChI=1S/C15H16O2/c1-8-9(2)11(4)14-12(10(8)3)6-5-7-13(14)15(16)17/h5-7H,1-4H3,(H,16,17). The van der Waals surface area contributed by atoms with Crippen molar-refractivity contribution in [2.75, 3.05) is 0 Å². The van der Waals surface area contributed by atoms with Gasteiger partial charge in [0.2, 0.25) is 0 Å². The summed E-state index contributed by atoms with van der Waals surface area (Å²) < 4.78 is 0. The predicted octanol–water partition coefficient (Wildman–Crippen LogP) is 3.77. The Morgan fingerprint density at radius 2 is 1.53 bits per heavy atom. The molecule has 0 aliphatic rings. The molecule has 0 spiro atoms. The zero-order valence-electron chi connectivity index (χ0n) is 10.6. The summed E-state index contributed by atoms with van der Waals surface area (Å²) in [6, 6.07) is 5.48. The van der Waals surface area contributed by atoms with Crippen LogP contribution in [0.4, 0.5) is 0 Å². The highest BCUT2D eigenvalue weighted by molar-refractivity contribution is 6.06. The Hall–Kier alpha value is -1.83. The second kappa shape index (κ2) is 3.88. The fraction of sp³-hybridized carbons (Fsp3) is 0.267. The summed E-state index contributed by atoms with van der Waals surface area (Å²) >= 11 is 0. The third-order valence-electron chi connectivity index (χ3n) is 3.76. The molecule has 2 aromatic rings. The van der Waals surface area contributed by atoms with E-state index in [1.165, 1.54) is 16.7 Å². The van der Waals surface area contributed by atoms with Crippen molar-refractivity contribution in [1.82, 2.24) is 0 Å². The summed E-state index contributed by atoms with van der Waals surface area (Å²) in [5.41, 5.74) is 5.07. The number of carboxylic acid groups (broad SMARTS) is 1. The van der Waals surface area contributed by atoms with Crippen molar-refractivity contribution in [3.8, 4) is 0 Å². The molecule has 88 valence electrons. The molecule has 0 fully saturated rings. The molecule has 0 bridgehead atoms. The van der Waals surface area contributed by atoms with E-state index < -0.39 is 5.97 Å². The van der Waals surface area contributed by atoms with Gasteiger partial charge >= 0.3 is 5.97 Å². The van der Waals surface area contributed by atoms with Gasteiger partial charge in [-0.2, -0.15) is 0 Å². The second-order valence-corrected chi connectivity index (χ2v) is 4.53. The normalized spacial score (nSPS) is 10.8. The number of fused-ring (bicyclic) bond motifs is 1. The van der Waals surface area contributed by atoms with E-state index in [-0.39, 0.29) is 0 Å². The summed E-state index contributed by atoms with van der Waals surface area (Å²) in [7, 11) is 0. The topological polar surface area (TPSA) is 37.3 Å². The number of aromatic carboxylic acids is 1. The first kappa shape index (κ1) is 11.6. The van der Waals surface area contributed by atoms with E-state index in [2.05, 4.69) is 20.8 Å². The number of rotatable bonds is 1. The lowest BCUT2D eigenvalue weighted by Gasteiger charge is -2.15. The summed E-state index contributed by atoms with van der Waals surface area (Å²) in [6.45, 7) is 8.19. The van der Waals surface area contributed by atoms with Crippen LogP contribution in [0.1, 0.15) is 32.6 Å². The van der Waals surface area contributed by atoms with Crippen LogP contribution < -0.4 is 0 Å². The number of benzene rings is 2. The average Bonchev–Trinajstić information content (AvgIpc) is 2.32. The average molecular weight is 228 g/mol. The molecule has 0 saturated carbocycles. The number of hydrogen-bond acceptors (Lipinski definition) is 1. The summed E-state index contributed by atoms with van der Waals surface area (Å²) in [5, 5.41) is 11.2. The third-order valence-corrected chi connectivity index (χ3v) is 3.76. The first-order valence-corrected chi connectivity index (χ1v) is 5.67. The molecule has 0 aliphatic heterocycles. The van der Waals surface area contributed by atoms with Crippen molar-refractivity contribution >= 4 is 16.7 Å². The number of aryl methyl sites for hydroxylation is 2.